The molecule has 0 saturated carbocycles. The van der Waals surface area contributed by atoms with E-state index in [1.165, 1.54) is 25.1 Å². The lowest BCUT2D eigenvalue weighted by Crippen LogP contribution is -2.42. The molecule has 0 aromatic rings. The van der Waals surface area contributed by atoms with Crippen LogP contribution in [0, 0.1) is 0 Å². The molecule has 0 heterocycles. The highest BCUT2D eigenvalue weighted by molar-refractivity contribution is 6.60. The lowest BCUT2D eigenvalue weighted by molar-refractivity contribution is 0.123. The van der Waals surface area contributed by atoms with Gasteiger partial charge in [0, 0.05) is 39.6 Å². The molecule has 0 aromatic heterocycles. The normalized spacial score (nSPS) is 13.1. The Balaban J connectivity index is 3.85. The van der Waals surface area contributed by atoms with Crippen LogP contribution in [-0.2, 0) is 13.3 Å². The van der Waals surface area contributed by atoms with Crippen molar-refractivity contribution in [1.82, 2.24) is 4.90 Å². The van der Waals surface area contributed by atoms with Crippen LogP contribution in [0.15, 0.2) is 4.99 Å². The van der Waals surface area contributed by atoms with Crippen LogP contribution in [-0.4, -0.2) is 66.9 Å². The molecule has 0 aliphatic carbocycles. The summed E-state index contributed by atoms with van der Waals surface area (Å²) in [6, 6.07) is 0.815. The fraction of sp³-hybridized carbons (Fsp3) is 0.938. The zero-order chi connectivity index (χ0) is 16.8. The third-order valence-electron chi connectivity index (χ3n) is 4.11. The number of unbranched alkanes of at least 4 members (excludes halogenated alkanes) is 1. The van der Waals surface area contributed by atoms with E-state index in [0.29, 0.717) is 0 Å². The Kier molecular flexibility index (Phi) is 13.0. The maximum atomic E-state index is 5.41. The molecule has 0 atom stereocenters. The van der Waals surface area contributed by atoms with Crippen LogP contribution in [0.3, 0.4) is 0 Å². The summed E-state index contributed by atoms with van der Waals surface area (Å²) in [6.45, 7) is 10.9. The van der Waals surface area contributed by atoms with Crippen LogP contribution < -0.4 is 0 Å². The van der Waals surface area contributed by atoms with Crippen LogP contribution in [0.5, 0.6) is 0 Å². The van der Waals surface area contributed by atoms with Crippen LogP contribution >= 0.6 is 0 Å². The maximum Gasteiger partial charge on any atom is 0.500 e. The summed E-state index contributed by atoms with van der Waals surface area (Å²) in [5.74, 6) is 0. The summed E-state index contributed by atoms with van der Waals surface area (Å²) in [6.07, 6.45) is 4.52. The van der Waals surface area contributed by atoms with Crippen molar-refractivity contribution in [3.63, 3.8) is 0 Å². The third kappa shape index (κ3) is 9.00. The first-order chi connectivity index (χ1) is 10.6. The Labute approximate surface area is 138 Å². The van der Waals surface area contributed by atoms with Crippen LogP contribution in [0.2, 0.25) is 6.04 Å². The highest BCUT2D eigenvalue weighted by Crippen LogP contribution is 2.15. The van der Waals surface area contributed by atoms with Gasteiger partial charge in [-0.3, -0.25) is 4.99 Å². The summed E-state index contributed by atoms with van der Waals surface area (Å²) >= 11 is 0. The highest BCUT2D eigenvalue weighted by atomic mass is 28.4. The molecule has 0 fully saturated rings. The second-order valence-corrected chi connectivity index (χ2v) is 8.59. The maximum absolute atomic E-state index is 5.41. The van der Waals surface area contributed by atoms with E-state index >= 15 is 0 Å². The van der Waals surface area contributed by atoms with Gasteiger partial charge in [0.25, 0.3) is 0 Å². The largest absolute Gasteiger partial charge is 0.500 e. The minimum absolute atomic E-state index is 0.815. The van der Waals surface area contributed by atoms with E-state index in [2.05, 4.69) is 30.7 Å². The van der Waals surface area contributed by atoms with E-state index < -0.39 is 8.80 Å². The van der Waals surface area contributed by atoms with Gasteiger partial charge in [-0.2, -0.15) is 0 Å². The molecule has 0 rings (SSSR count). The Morgan fingerprint density at radius 3 is 2.05 bits per heavy atom. The monoisotopic (exact) mass is 332 g/mol. The van der Waals surface area contributed by atoms with Gasteiger partial charge in [-0.15, -0.1) is 0 Å². The van der Waals surface area contributed by atoms with E-state index in [1.54, 1.807) is 21.3 Å². The van der Waals surface area contributed by atoms with Crippen LogP contribution in [0.25, 0.3) is 0 Å². The van der Waals surface area contributed by atoms with Gasteiger partial charge in [0.05, 0.1) is 0 Å². The van der Waals surface area contributed by atoms with Crippen molar-refractivity contribution in [2.75, 3.05) is 47.5 Å². The molecule has 0 aliphatic heterocycles. The lowest BCUT2D eigenvalue weighted by Gasteiger charge is -2.23. The van der Waals surface area contributed by atoms with Crippen molar-refractivity contribution < 1.29 is 13.3 Å². The summed E-state index contributed by atoms with van der Waals surface area (Å²) in [5.41, 5.74) is 1.25. The Morgan fingerprint density at radius 2 is 1.55 bits per heavy atom. The first kappa shape index (κ1) is 21.7. The number of nitrogens with zero attached hydrogens (tertiary/aromatic N) is 2. The van der Waals surface area contributed by atoms with E-state index in [9.17, 15) is 0 Å². The van der Waals surface area contributed by atoms with Crippen LogP contribution in [0.1, 0.15) is 46.5 Å². The van der Waals surface area contributed by atoms with Gasteiger partial charge in [-0.1, -0.05) is 13.8 Å². The van der Waals surface area contributed by atoms with E-state index in [-0.39, 0.29) is 0 Å². The van der Waals surface area contributed by atoms with Crippen molar-refractivity contribution >= 4 is 14.5 Å². The second-order valence-electron chi connectivity index (χ2n) is 5.50. The van der Waals surface area contributed by atoms with Gasteiger partial charge >= 0.3 is 8.80 Å². The van der Waals surface area contributed by atoms with Crippen molar-refractivity contribution in [1.29, 1.82) is 0 Å². The number of rotatable bonds is 14. The zero-order valence-electron chi connectivity index (χ0n) is 15.5. The van der Waals surface area contributed by atoms with Gasteiger partial charge in [0.15, 0.2) is 0 Å². The van der Waals surface area contributed by atoms with Gasteiger partial charge in [0.1, 0.15) is 0 Å². The van der Waals surface area contributed by atoms with Crippen molar-refractivity contribution in [3.8, 4) is 0 Å². The van der Waals surface area contributed by atoms with Gasteiger partial charge in [-0.05, 0) is 52.2 Å². The summed E-state index contributed by atoms with van der Waals surface area (Å²) < 4.78 is 16.2. The van der Waals surface area contributed by atoms with Crippen LogP contribution in [0.4, 0.5) is 0 Å². The summed E-state index contributed by atoms with van der Waals surface area (Å²) in [4.78, 5) is 7.11. The Hall–Kier alpha value is -0.273. The molecule has 0 spiro atoms. The Morgan fingerprint density at radius 1 is 0.955 bits per heavy atom. The number of aliphatic imine (C=N–C) groups is 1. The Bertz CT molecular complexity index is 285. The highest BCUT2D eigenvalue weighted by Gasteiger charge is 2.36. The molecule has 0 unspecified atom stereocenters. The molecule has 0 amide bonds. The van der Waals surface area contributed by atoms with Crippen molar-refractivity contribution in [3.05, 3.63) is 0 Å². The minimum atomic E-state index is -2.42. The molecule has 0 N–H and O–H groups in total. The predicted molar refractivity (Wildman–Crippen MR) is 95.8 cm³/mol. The first-order valence-electron chi connectivity index (χ1n) is 8.45. The average Bonchev–Trinajstić information content (AvgIpc) is 2.56. The smallest absolute Gasteiger partial charge is 0.377 e. The SMILES string of the molecule is CCN(CC)CCCCC(C)=NCCC[Si](OC)(OC)OC. The number of hydrogen-bond donors (Lipinski definition) is 0. The second kappa shape index (κ2) is 13.2. The lowest BCUT2D eigenvalue weighted by atomic mass is 10.2. The van der Waals surface area contributed by atoms with Gasteiger partial charge in [-0.25, -0.2) is 0 Å². The van der Waals surface area contributed by atoms with Crippen molar-refractivity contribution in [2.24, 2.45) is 4.99 Å². The molecule has 132 valence electrons. The topological polar surface area (TPSA) is 43.3 Å². The standard InChI is InChI=1S/C16H36N2O3Si/c1-7-18(8-2)14-10-9-12-16(3)17-13-11-15-22(19-4,20-5)21-6/h7-15H2,1-6H3. The summed E-state index contributed by atoms with van der Waals surface area (Å²) in [7, 11) is 2.55. The van der Waals surface area contributed by atoms with E-state index in [1.807, 2.05) is 0 Å². The third-order valence-corrected chi connectivity index (χ3v) is 6.95. The molecule has 5 nitrogen and oxygen atoms in total. The van der Waals surface area contributed by atoms with E-state index in [4.69, 9.17) is 13.3 Å². The molecular formula is C16H36N2O3Si. The average molecular weight is 333 g/mol. The molecule has 0 bridgehead atoms. The molecule has 0 radical (unpaired) electrons. The fourth-order valence-electron chi connectivity index (χ4n) is 2.46. The zero-order valence-corrected chi connectivity index (χ0v) is 16.5. The molecular weight excluding hydrogens is 296 g/mol. The van der Waals surface area contributed by atoms with Gasteiger partial charge < -0.3 is 18.2 Å². The molecule has 0 saturated heterocycles. The van der Waals surface area contributed by atoms with Gasteiger partial charge in [0.2, 0.25) is 0 Å². The molecule has 0 aliphatic rings. The fourth-order valence-corrected chi connectivity index (χ4v) is 4.16. The molecule has 0 aromatic carbocycles. The van der Waals surface area contributed by atoms with Crippen molar-refractivity contribution in [2.45, 2.75) is 52.5 Å². The quantitative estimate of drug-likeness (QED) is 0.278. The van der Waals surface area contributed by atoms with E-state index in [0.717, 1.165) is 38.5 Å². The molecule has 22 heavy (non-hydrogen) atoms. The first-order valence-corrected chi connectivity index (χ1v) is 10.4. The summed E-state index contributed by atoms with van der Waals surface area (Å²) in [5, 5.41) is 0. The minimum Gasteiger partial charge on any atom is -0.377 e. The molecule has 6 heteroatoms. The predicted octanol–water partition coefficient (Wildman–Crippen LogP) is 3.23. The number of hydrogen-bond acceptors (Lipinski definition) is 5.